The van der Waals surface area contributed by atoms with Gasteiger partial charge in [-0.2, -0.15) is 13.2 Å². The van der Waals surface area contributed by atoms with Crippen molar-refractivity contribution in [2.45, 2.75) is 44.6 Å². The zero-order valence-electron chi connectivity index (χ0n) is 16.6. The fourth-order valence-electron chi connectivity index (χ4n) is 3.73. The second-order valence-corrected chi connectivity index (χ2v) is 7.55. The molecule has 2 atom stereocenters. The molecule has 1 amide bonds. The summed E-state index contributed by atoms with van der Waals surface area (Å²) in [5, 5.41) is 9.25. The highest BCUT2D eigenvalue weighted by molar-refractivity contribution is 5.87. The SMILES string of the molecule is C[C@@H]1CN(C(=O)CC(N)Cc2cc(F)c(F)cc2F)Cc2c(C(=O)O)nc(C(F)(F)F)n21. The van der Waals surface area contributed by atoms with E-state index in [-0.39, 0.29) is 30.6 Å². The molecular weight excluding hydrogens is 446 g/mol. The lowest BCUT2D eigenvalue weighted by molar-refractivity contribution is -0.149. The summed E-state index contributed by atoms with van der Waals surface area (Å²) < 4.78 is 80.8. The van der Waals surface area contributed by atoms with E-state index in [0.717, 1.165) is 9.47 Å². The van der Waals surface area contributed by atoms with Gasteiger partial charge in [0.15, 0.2) is 17.3 Å². The lowest BCUT2D eigenvalue weighted by Crippen LogP contribution is -2.43. The molecule has 0 aliphatic carbocycles. The number of aromatic carboxylic acids is 1. The van der Waals surface area contributed by atoms with Crippen molar-refractivity contribution in [3.63, 3.8) is 0 Å². The van der Waals surface area contributed by atoms with E-state index in [1.807, 2.05) is 0 Å². The number of carboxylic acid groups (broad SMARTS) is 1. The average molecular weight is 464 g/mol. The summed E-state index contributed by atoms with van der Waals surface area (Å²) in [6.45, 7) is 0.763. The van der Waals surface area contributed by atoms with Gasteiger partial charge in [0.1, 0.15) is 5.82 Å². The molecule has 0 spiro atoms. The minimum Gasteiger partial charge on any atom is -0.476 e. The second-order valence-electron chi connectivity index (χ2n) is 7.55. The largest absolute Gasteiger partial charge is 0.476 e. The molecule has 0 bridgehead atoms. The number of carboxylic acids is 1. The number of benzene rings is 1. The summed E-state index contributed by atoms with van der Waals surface area (Å²) in [6, 6.07) is -0.944. The summed E-state index contributed by atoms with van der Waals surface area (Å²) in [6.07, 6.45) is -5.57. The molecule has 0 radical (unpaired) electrons. The van der Waals surface area contributed by atoms with Gasteiger partial charge in [-0.25, -0.2) is 22.9 Å². The third-order valence-electron chi connectivity index (χ3n) is 5.09. The highest BCUT2D eigenvalue weighted by Crippen LogP contribution is 2.35. The molecular formula is C19H18F6N4O3. The highest BCUT2D eigenvalue weighted by Gasteiger charge is 2.43. The number of imidazole rings is 1. The summed E-state index contributed by atoms with van der Waals surface area (Å²) in [5.41, 5.74) is 4.52. The molecule has 32 heavy (non-hydrogen) atoms. The topological polar surface area (TPSA) is 101 Å². The molecule has 2 aromatic rings. The number of alkyl halides is 3. The first-order valence-corrected chi connectivity index (χ1v) is 9.38. The molecule has 0 saturated carbocycles. The Morgan fingerprint density at radius 1 is 1.22 bits per heavy atom. The Morgan fingerprint density at radius 2 is 1.84 bits per heavy atom. The van der Waals surface area contributed by atoms with Gasteiger partial charge in [0.2, 0.25) is 11.7 Å². The van der Waals surface area contributed by atoms with Crippen molar-refractivity contribution in [2.24, 2.45) is 5.73 Å². The molecule has 3 rings (SSSR count). The van der Waals surface area contributed by atoms with Gasteiger partial charge in [-0.1, -0.05) is 0 Å². The Morgan fingerprint density at radius 3 is 2.44 bits per heavy atom. The van der Waals surface area contributed by atoms with E-state index in [1.165, 1.54) is 6.92 Å². The van der Waals surface area contributed by atoms with Crippen LogP contribution in [0.25, 0.3) is 0 Å². The third-order valence-corrected chi connectivity index (χ3v) is 5.09. The van der Waals surface area contributed by atoms with Gasteiger partial charge in [-0.05, 0) is 25.0 Å². The number of fused-ring (bicyclic) bond motifs is 1. The van der Waals surface area contributed by atoms with E-state index in [2.05, 4.69) is 4.98 Å². The minimum atomic E-state index is -4.89. The Hall–Kier alpha value is -3.09. The number of amides is 1. The first-order valence-electron chi connectivity index (χ1n) is 9.38. The van der Waals surface area contributed by atoms with Gasteiger partial charge in [0.05, 0.1) is 18.3 Å². The quantitative estimate of drug-likeness (QED) is 0.524. The third kappa shape index (κ3) is 4.56. The molecule has 0 saturated heterocycles. The van der Waals surface area contributed by atoms with Crippen molar-refractivity contribution in [1.29, 1.82) is 0 Å². The number of hydrogen-bond acceptors (Lipinski definition) is 4. The predicted octanol–water partition coefficient (Wildman–Crippen LogP) is 2.88. The minimum absolute atomic E-state index is 0.170. The van der Waals surface area contributed by atoms with Crippen molar-refractivity contribution in [2.75, 3.05) is 6.54 Å². The van der Waals surface area contributed by atoms with Crippen LogP contribution in [0.4, 0.5) is 26.3 Å². The van der Waals surface area contributed by atoms with E-state index in [4.69, 9.17) is 5.73 Å². The standard InChI is InChI=1S/C19H18F6N4O3/c1-8-6-28(7-14-16(17(31)32)27-18(29(8)14)19(23,24)25)15(30)4-10(26)2-9-3-12(21)13(22)5-11(9)20/h3,5,8,10H,2,4,6-7,26H2,1H3,(H,31,32)/t8-,10?/m1/s1. The van der Waals surface area contributed by atoms with Crippen LogP contribution in [0.5, 0.6) is 0 Å². The second kappa shape index (κ2) is 8.45. The van der Waals surface area contributed by atoms with Crippen molar-refractivity contribution in [3.05, 3.63) is 52.4 Å². The number of hydrogen-bond donors (Lipinski definition) is 2. The Labute approximate surface area is 177 Å². The first-order chi connectivity index (χ1) is 14.8. The van der Waals surface area contributed by atoms with Gasteiger partial charge in [-0.3, -0.25) is 4.79 Å². The number of aromatic nitrogens is 2. The molecule has 3 N–H and O–H groups in total. The number of rotatable bonds is 5. The Bertz CT molecular complexity index is 1070. The van der Waals surface area contributed by atoms with Crippen LogP contribution in [0.15, 0.2) is 12.1 Å². The first kappa shape index (κ1) is 23.6. The van der Waals surface area contributed by atoms with Gasteiger partial charge in [0.25, 0.3) is 0 Å². The van der Waals surface area contributed by atoms with Crippen LogP contribution in [-0.4, -0.2) is 44.0 Å². The van der Waals surface area contributed by atoms with Crippen LogP contribution in [0, 0.1) is 17.5 Å². The van der Waals surface area contributed by atoms with Crippen LogP contribution in [0.1, 0.15) is 47.0 Å². The van der Waals surface area contributed by atoms with Crippen LogP contribution in [-0.2, 0) is 23.9 Å². The molecule has 1 unspecified atom stereocenters. The monoisotopic (exact) mass is 464 g/mol. The van der Waals surface area contributed by atoms with E-state index in [9.17, 15) is 41.0 Å². The normalized spacial score (nSPS) is 17.2. The summed E-state index contributed by atoms with van der Waals surface area (Å²) in [7, 11) is 0. The van der Waals surface area contributed by atoms with Crippen molar-refractivity contribution in [3.8, 4) is 0 Å². The van der Waals surface area contributed by atoms with Crippen molar-refractivity contribution >= 4 is 11.9 Å². The fourth-order valence-corrected chi connectivity index (χ4v) is 3.73. The van der Waals surface area contributed by atoms with E-state index in [0.29, 0.717) is 12.1 Å². The maximum Gasteiger partial charge on any atom is 0.449 e. The Balaban J connectivity index is 1.78. The molecule has 13 heteroatoms. The summed E-state index contributed by atoms with van der Waals surface area (Å²) in [5.74, 6) is -7.34. The predicted molar refractivity (Wildman–Crippen MR) is 96.9 cm³/mol. The number of halogens is 6. The lowest BCUT2D eigenvalue weighted by Gasteiger charge is -2.34. The zero-order chi connectivity index (χ0) is 24.0. The van der Waals surface area contributed by atoms with Crippen LogP contribution >= 0.6 is 0 Å². The van der Waals surface area contributed by atoms with Crippen LogP contribution in [0.2, 0.25) is 0 Å². The molecule has 1 aliphatic rings. The Kier molecular flexibility index (Phi) is 6.22. The van der Waals surface area contributed by atoms with Crippen molar-refractivity contribution < 1.29 is 41.0 Å². The number of carbonyl (C=O) groups is 2. The van der Waals surface area contributed by atoms with E-state index in [1.54, 1.807) is 0 Å². The number of nitrogens with two attached hydrogens (primary N) is 1. The van der Waals surface area contributed by atoms with Crippen LogP contribution in [0.3, 0.4) is 0 Å². The number of nitrogens with zero attached hydrogens (tertiary/aromatic N) is 3. The fraction of sp³-hybridized carbons (Fsp3) is 0.421. The average Bonchev–Trinajstić information content (AvgIpc) is 3.07. The molecule has 1 aromatic heterocycles. The maximum absolute atomic E-state index is 13.8. The smallest absolute Gasteiger partial charge is 0.449 e. The maximum atomic E-state index is 13.8. The molecule has 174 valence electrons. The van der Waals surface area contributed by atoms with Gasteiger partial charge in [0, 0.05) is 25.1 Å². The summed E-state index contributed by atoms with van der Waals surface area (Å²) >= 11 is 0. The van der Waals surface area contributed by atoms with Crippen molar-refractivity contribution in [1.82, 2.24) is 14.5 Å². The van der Waals surface area contributed by atoms with Gasteiger partial charge in [-0.15, -0.1) is 0 Å². The highest BCUT2D eigenvalue weighted by atomic mass is 19.4. The van der Waals surface area contributed by atoms with Gasteiger partial charge >= 0.3 is 12.1 Å². The van der Waals surface area contributed by atoms with Crippen LogP contribution < -0.4 is 5.73 Å². The summed E-state index contributed by atoms with van der Waals surface area (Å²) in [4.78, 5) is 28.4. The lowest BCUT2D eigenvalue weighted by atomic mass is 10.0. The molecule has 7 nitrogen and oxygen atoms in total. The number of carbonyl (C=O) groups excluding carboxylic acids is 1. The van der Waals surface area contributed by atoms with E-state index < -0.39 is 65.7 Å². The molecule has 1 aromatic carbocycles. The zero-order valence-corrected chi connectivity index (χ0v) is 16.6. The van der Waals surface area contributed by atoms with Gasteiger partial charge < -0.3 is 20.3 Å². The van der Waals surface area contributed by atoms with E-state index >= 15 is 0 Å². The molecule has 0 fully saturated rings. The molecule has 1 aliphatic heterocycles. The molecule has 2 heterocycles.